The molecule has 8 heteroatoms. The Balaban J connectivity index is 1.24. The van der Waals surface area contributed by atoms with Crippen LogP contribution in [-0.2, 0) is 12.3 Å². The maximum absolute atomic E-state index is 12.9. The summed E-state index contributed by atoms with van der Waals surface area (Å²) >= 11 is 3.00. The Morgan fingerprint density at radius 3 is 2.69 bits per heavy atom. The van der Waals surface area contributed by atoms with Gasteiger partial charge in [0.25, 0.3) is 11.1 Å². The van der Waals surface area contributed by atoms with E-state index in [4.69, 9.17) is 4.42 Å². The van der Waals surface area contributed by atoms with Crippen LogP contribution in [-0.4, -0.2) is 20.9 Å². The Kier molecular flexibility index (Phi) is 5.96. The van der Waals surface area contributed by atoms with E-state index in [1.54, 1.807) is 12.4 Å². The summed E-state index contributed by atoms with van der Waals surface area (Å²) in [5.41, 5.74) is 5.05. The van der Waals surface area contributed by atoms with Crippen LogP contribution in [0, 0.1) is 0 Å². The summed E-state index contributed by atoms with van der Waals surface area (Å²) in [4.78, 5) is 26.0. The van der Waals surface area contributed by atoms with Crippen LogP contribution >= 0.6 is 23.1 Å². The summed E-state index contributed by atoms with van der Waals surface area (Å²) in [5.74, 6) is 0.458. The number of nitrogens with one attached hydrogen (secondary N) is 1. The van der Waals surface area contributed by atoms with Crippen LogP contribution in [0.4, 0.5) is 0 Å². The highest BCUT2D eigenvalue weighted by Gasteiger charge is 2.14. The average Bonchev–Trinajstić information content (AvgIpc) is 3.49. The number of fused-ring (bicyclic) bond motifs is 1. The van der Waals surface area contributed by atoms with Crippen molar-refractivity contribution in [3.05, 3.63) is 94.6 Å². The molecule has 0 saturated heterocycles. The lowest BCUT2D eigenvalue weighted by atomic mass is 10.1. The Morgan fingerprint density at radius 1 is 1.00 bits per heavy atom. The standard InChI is InChI=1S/C24H18N4O2S2/c29-23(26-13-22-27-20(15-31-22)16-9-11-25-12-10-16)18-6-2-1-5-17(18)14-32-24-28-19-7-3-4-8-21(19)30-24/h1-12,15H,13-14H2,(H,26,29). The van der Waals surface area contributed by atoms with E-state index in [1.165, 1.54) is 23.1 Å². The van der Waals surface area contributed by atoms with Gasteiger partial charge in [0.1, 0.15) is 10.5 Å². The van der Waals surface area contributed by atoms with Crippen LogP contribution in [0.15, 0.2) is 88.1 Å². The Bertz CT molecular complexity index is 1330. The van der Waals surface area contributed by atoms with Gasteiger partial charge in [-0.15, -0.1) is 11.3 Å². The van der Waals surface area contributed by atoms with E-state index in [1.807, 2.05) is 66.0 Å². The van der Waals surface area contributed by atoms with Crippen LogP contribution < -0.4 is 5.32 Å². The topological polar surface area (TPSA) is 80.9 Å². The predicted molar refractivity (Wildman–Crippen MR) is 127 cm³/mol. The number of carbonyl (C=O) groups is 1. The lowest BCUT2D eigenvalue weighted by Crippen LogP contribution is -2.23. The highest BCUT2D eigenvalue weighted by molar-refractivity contribution is 7.98. The van der Waals surface area contributed by atoms with Crippen LogP contribution in [0.3, 0.4) is 0 Å². The minimum Gasteiger partial charge on any atom is -0.431 e. The number of hydrogen-bond donors (Lipinski definition) is 1. The van der Waals surface area contributed by atoms with Crippen molar-refractivity contribution in [1.29, 1.82) is 0 Å². The summed E-state index contributed by atoms with van der Waals surface area (Å²) in [6.45, 7) is 0.376. The maximum atomic E-state index is 12.9. The number of benzene rings is 2. The molecule has 5 aromatic rings. The molecule has 0 aliphatic heterocycles. The van der Waals surface area contributed by atoms with Gasteiger partial charge in [0.05, 0.1) is 12.2 Å². The van der Waals surface area contributed by atoms with Gasteiger partial charge in [-0.2, -0.15) is 0 Å². The number of rotatable bonds is 7. The van der Waals surface area contributed by atoms with E-state index in [2.05, 4.69) is 20.3 Å². The molecule has 1 amide bonds. The molecule has 3 heterocycles. The number of nitrogens with zero attached hydrogens (tertiary/aromatic N) is 3. The first-order valence-electron chi connectivity index (χ1n) is 9.95. The molecule has 0 radical (unpaired) electrons. The number of hydrogen-bond acceptors (Lipinski definition) is 7. The van der Waals surface area contributed by atoms with E-state index < -0.39 is 0 Å². The summed E-state index contributed by atoms with van der Waals surface area (Å²) in [7, 11) is 0. The second kappa shape index (κ2) is 9.33. The molecular formula is C24H18N4O2S2. The van der Waals surface area contributed by atoms with E-state index in [0.717, 1.165) is 32.9 Å². The fourth-order valence-electron chi connectivity index (χ4n) is 3.22. The molecule has 0 bridgehead atoms. The third-order valence-electron chi connectivity index (χ3n) is 4.82. The van der Waals surface area contributed by atoms with Gasteiger partial charge < -0.3 is 9.73 Å². The van der Waals surface area contributed by atoms with Gasteiger partial charge in [-0.1, -0.05) is 42.1 Å². The molecule has 0 atom stereocenters. The van der Waals surface area contributed by atoms with Crippen molar-refractivity contribution in [3.8, 4) is 11.3 Å². The lowest BCUT2D eigenvalue weighted by molar-refractivity contribution is 0.0950. The predicted octanol–water partition coefficient (Wildman–Crippen LogP) is 5.57. The van der Waals surface area contributed by atoms with Gasteiger partial charge in [0.2, 0.25) is 0 Å². The number of para-hydroxylation sites is 2. The number of pyridine rings is 1. The first-order chi connectivity index (χ1) is 15.8. The highest BCUT2D eigenvalue weighted by atomic mass is 32.2. The monoisotopic (exact) mass is 458 g/mol. The third-order valence-corrected chi connectivity index (χ3v) is 6.54. The molecule has 0 saturated carbocycles. The first kappa shape index (κ1) is 20.4. The fraction of sp³-hybridized carbons (Fsp3) is 0.0833. The van der Waals surface area contributed by atoms with E-state index in [-0.39, 0.29) is 5.91 Å². The quantitative estimate of drug-likeness (QED) is 0.321. The highest BCUT2D eigenvalue weighted by Crippen LogP contribution is 2.27. The van der Waals surface area contributed by atoms with Gasteiger partial charge in [-0.25, -0.2) is 9.97 Å². The Morgan fingerprint density at radius 2 is 1.81 bits per heavy atom. The molecule has 6 nitrogen and oxygen atoms in total. The molecule has 1 N–H and O–H groups in total. The number of amides is 1. The molecule has 0 aliphatic carbocycles. The van der Waals surface area contributed by atoms with Crippen LogP contribution in [0.1, 0.15) is 20.9 Å². The average molecular weight is 459 g/mol. The first-order valence-corrected chi connectivity index (χ1v) is 11.8. The molecule has 3 aromatic heterocycles. The van der Waals surface area contributed by atoms with Crippen LogP contribution in [0.25, 0.3) is 22.4 Å². The minimum atomic E-state index is -0.126. The molecule has 0 unspecified atom stereocenters. The van der Waals surface area contributed by atoms with Crippen molar-refractivity contribution >= 4 is 40.1 Å². The van der Waals surface area contributed by atoms with E-state index >= 15 is 0 Å². The molecular weight excluding hydrogens is 440 g/mol. The molecule has 0 fully saturated rings. The largest absolute Gasteiger partial charge is 0.431 e. The Hall–Kier alpha value is -3.49. The molecule has 0 aliphatic rings. The summed E-state index contributed by atoms with van der Waals surface area (Å²) < 4.78 is 5.77. The molecule has 0 spiro atoms. The SMILES string of the molecule is O=C(NCc1nc(-c2ccncc2)cs1)c1ccccc1CSc1nc2ccccc2o1. The fourth-order valence-corrected chi connectivity index (χ4v) is 4.80. The summed E-state index contributed by atoms with van der Waals surface area (Å²) in [6, 6.07) is 19.1. The van der Waals surface area contributed by atoms with Crippen molar-refractivity contribution in [2.24, 2.45) is 0 Å². The molecule has 2 aromatic carbocycles. The van der Waals surface area contributed by atoms with Gasteiger partial charge in [-0.3, -0.25) is 9.78 Å². The zero-order valence-corrected chi connectivity index (χ0v) is 18.5. The number of thioether (sulfide) groups is 1. The number of oxazole rings is 1. The van der Waals surface area contributed by atoms with Crippen molar-refractivity contribution in [2.45, 2.75) is 17.5 Å². The minimum absolute atomic E-state index is 0.126. The Labute approximate surface area is 192 Å². The van der Waals surface area contributed by atoms with Gasteiger partial charge in [-0.05, 0) is 35.9 Å². The van der Waals surface area contributed by atoms with Gasteiger partial charge >= 0.3 is 0 Å². The van der Waals surface area contributed by atoms with Crippen LogP contribution in [0.2, 0.25) is 0 Å². The maximum Gasteiger partial charge on any atom is 0.257 e. The van der Waals surface area contributed by atoms with E-state index in [9.17, 15) is 4.79 Å². The smallest absolute Gasteiger partial charge is 0.257 e. The van der Waals surface area contributed by atoms with Crippen molar-refractivity contribution < 1.29 is 9.21 Å². The second-order valence-corrected chi connectivity index (χ2v) is 8.81. The normalized spacial score (nSPS) is 11.0. The zero-order chi connectivity index (χ0) is 21.8. The second-order valence-electron chi connectivity index (χ2n) is 6.94. The summed E-state index contributed by atoms with van der Waals surface area (Å²) in [6.07, 6.45) is 3.48. The van der Waals surface area contributed by atoms with Gasteiger partial charge in [0, 0.05) is 34.7 Å². The van der Waals surface area contributed by atoms with Gasteiger partial charge in [0.15, 0.2) is 5.58 Å². The molecule has 5 rings (SSSR count). The summed E-state index contributed by atoms with van der Waals surface area (Å²) in [5, 5.41) is 6.42. The molecule has 158 valence electrons. The third kappa shape index (κ3) is 4.56. The number of carbonyl (C=O) groups excluding carboxylic acids is 1. The lowest BCUT2D eigenvalue weighted by Gasteiger charge is -2.08. The zero-order valence-electron chi connectivity index (χ0n) is 16.9. The molecule has 32 heavy (non-hydrogen) atoms. The van der Waals surface area contributed by atoms with Crippen molar-refractivity contribution in [3.63, 3.8) is 0 Å². The van der Waals surface area contributed by atoms with Crippen molar-refractivity contribution in [1.82, 2.24) is 20.3 Å². The van der Waals surface area contributed by atoms with E-state index in [0.29, 0.717) is 23.1 Å². The van der Waals surface area contributed by atoms with Crippen molar-refractivity contribution in [2.75, 3.05) is 0 Å². The number of aromatic nitrogens is 3. The number of thiazole rings is 1. The van der Waals surface area contributed by atoms with Crippen LogP contribution in [0.5, 0.6) is 0 Å².